The molecule has 0 spiro atoms. The standard InChI is InChI=1S/C21H35N5OS/c1-7-22-20(25-14-19-23-13-18(27-19)21(4,5)6)24-12-17(26(8-2)9-3)16-10-11-28-15-16/h10-11,13,15,17H,7-9,12,14H2,1-6H3,(H2,22,24,25). The Kier molecular flexibility index (Phi) is 8.51. The van der Waals surface area contributed by atoms with Crippen LogP contribution >= 0.6 is 11.3 Å². The van der Waals surface area contributed by atoms with Crippen molar-refractivity contribution < 1.29 is 4.42 Å². The number of aliphatic imine (C=N–C) groups is 1. The molecule has 0 aromatic carbocycles. The van der Waals surface area contributed by atoms with E-state index >= 15 is 0 Å². The summed E-state index contributed by atoms with van der Waals surface area (Å²) in [6.45, 7) is 16.9. The van der Waals surface area contributed by atoms with Gasteiger partial charge in [0.2, 0.25) is 5.89 Å². The Morgan fingerprint density at radius 3 is 2.54 bits per heavy atom. The summed E-state index contributed by atoms with van der Waals surface area (Å²) in [7, 11) is 0. The van der Waals surface area contributed by atoms with Crippen LogP contribution in [0, 0.1) is 0 Å². The van der Waals surface area contributed by atoms with E-state index in [0.717, 1.165) is 37.9 Å². The first-order chi connectivity index (χ1) is 13.4. The molecular weight excluding hydrogens is 370 g/mol. The molecule has 0 saturated heterocycles. The van der Waals surface area contributed by atoms with Gasteiger partial charge >= 0.3 is 0 Å². The van der Waals surface area contributed by atoms with Gasteiger partial charge in [0, 0.05) is 18.5 Å². The number of rotatable bonds is 9. The number of guanidine groups is 1. The third-order valence-electron chi connectivity index (χ3n) is 4.65. The molecular formula is C21H35N5OS. The lowest BCUT2D eigenvalue weighted by Crippen LogP contribution is -2.43. The van der Waals surface area contributed by atoms with Crippen LogP contribution in [0.1, 0.15) is 64.8 Å². The first kappa shape index (κ1) is 22.4. The third kappa shape index (κ3) is 6.34. The second kappa shape index (κ2) is 10.6. The number of likely N-dealkylation sites (N-methyl/N-ethyl adjacent to an activating group) is 1. The van der Waals surface area contributed by atoms with E-state index in [1.165, 1.54) is 5.56 Å². The topological polar surface area (TPSA) is 65.7 Å². The summed E-state index contributed by atoms with van der Waals surface area (Å²) in [4.78, 5) is 11.5. The molecule has 156 valence electrons. The minimum atomic E-state index is -0.0464. The molecule has 0 aliphatic heterocycles. The van der Waals surface area contributed by atoms with Crippen LogP contribution in [-0.2, 0) is 12.0 Å². The summed E-state index contributed by atoms with van der Waals surface area (Å²) in [6, 6.07) is 2.53. The Labute approximate surface area is 173 Å². The van der Waals surface area contributed by atoms with E-state index in [0.29, 0.717) is 18.5 Å². The summed E-state index contributed by atoms with van der Waals surface area (Å²) in [5.74, 6) is 2.31. The van der Waals surface area contributed by atoms with Crippen LogP contribution in [-0.4, -0.2) is 42.0 Å². The Morgan fingerprint density at radius 2 is 2.00 bits per heavy atom. The highest BCUT2D eigenvalue weighted by Crippen LogP contribution is 2.23. The quantitative estimate of drug-likeness (QED) is 0.484. The van der Waals surface area contributed by atoms with Gasteiger partial charge in [-0.2, -0.15) is 11.3 Å². The van der Waals surface area contributed by atoms with E-state index in [-0.39, 0.29) is 5.41 Å². The zero-order valence-corrected chi connectivity index (χ0v) is 18.9. The lowest BCUT2D eigenvalue weighted by atomic mass is 9.94. The van der Waals surface area contributed by atoms with Crippen molar-refractivity contribution >= 4 is 17.3 Å². The van der Waals surface area contributed by atoms with Crippen molar-refractivity contribution in [3.63, 3.8) is 0 Å². The van der Waals surface area contributed by atoms with Gasteiger partial charge in [-0.15, -0.1) is 0 Å². The number of nitrogens with zero attached hydrogens (tertiary/aromatic N) is 3. The molecule has 0 saturated carbocycles. The van der Waals surface area contributed by atoms with Gasteiger partial charge in [-0.3, -0.25) is 4.90 Å². The summed E-state index contributed by atoms with van der Waals surface area (Å²) in [5.41, 5.74) is 1.30. The number of hydrogen-bond acceptors (Lipinski definition) is 5. The maximum absolute atomic E-state index is 5.85. The number of hydrogen-bond donors (Lipinski definition) is 2. The summed E-state index contributed by atoms with van der Waals surface area (Å²) in [5, 5.41) is 11.2. The second-order valence-corrected chi connectivity index (χ2v) is 8.52. The molecule has 2 rings (SSSR count). The van der Waals surface area contributed by atoms with Crippen molar-refractivity contribution in [1.29, 1.82) is 0 Å². The number of thiophene rings is 1. The zero-order chi connectivity index (χ0) is 20.6. The van der Waals surface area contributed by atoms with Crippen LogP contribution in [0.25, 0.3) is 0 Å². The average molecular weight is 406 g/mol. The summed E-state index contributed by atoms with van der Waals surface area (Å²) in [6.07, 6.45) is 1.80. The fourth-order valence-corrected chi connectivity index (χ4v) is 3.71. The van der Waals surface area contributed by atoms with Crippen LogP contribution < -0.4 is 10.6 Å². The van der Waals surface area contributed by atoms with E-state index in [9.17, 15) is 0 Å². The molecule has 2 aromatic rings. The summed E-state index contributed by atoms with van der Waals surface area (Å²) < 4.78 is 5.85. The molecule has 0 bridgehead atoms. The highest BCUT2D eigenvalue weighted by Gasteiger charge is 2.20. The highest BCUT2D eigenvalue weighted by atomic mass is 32.1. The molecule has 1 atom stereocenters. The van der Waals surface area contributed by atoms with Gasteiger partial charge in [-0.1, -0.05) is 34.6 Å². The first-order valence-electron chi connectivity index (χ1n) is 10.1. The lowest BCUT2D eigenvalue weighted by molar-refractivity contribution is 0.219. The maximum Gasteiger partial charge on any atom is 0.216 e. The largest absolute Gasteiger partial charge is 0.443 e. The zero-order valence-electron chi connectivity index (χ0n) is 18.1. The molecule has 6 nitrogen and oxygen atoms in total. The maximum atomic E-state index is 5.85. The minimum Gasteiger partial charge on any atom is -0.443 e. The Bertz CT molecular complexity index is 713. The molecule has 28 heavy (non-hydrogen) atoms. The number of oxazole rings is 1. The Morgan fingerprint density at radius 1 is 1.25 bits per heavy atom. The normalized spacial score (nSPS) is 13.8. The molecule has 1 unspecified atom stereocenters. The van der Waals surface area contributed by atoms with Gasteiger partial charge < -0.3 is 15.1 Å². The Hall–Kier alpha value is -1.86. The number of nitrogens with one attached hydrogen (secondary N) is 2. The van der Waals surface area contributed by atoms with E-state index in [2.05, 4.69) is 83.9 Å². The van der Waals surface area contributed by atoms with Crippen molar-refractivity contribution in [1.82, 2.24) is 20.5 Å². The van der Waals surface area contributed by atoms with Gasteiger partial charge in [0.05, 0.1) is 12.2 Å². The monoisotopic (exact) mass is 405 g/mol. The molecule has 0 radical (unpaired) electrons. The van der Waals surface area contributed by atoms with E-state index < -0.39 is 0 Å². The van der Waals surface area contributed by atoms with Crippen molar-refractivity contribution in [2.75, 3.05) is 26.2 Å². The van der Waals surface area contributed by atoms with Gasteiger partial charge in [-0.25, -0.2) is 9.98 Å². The molecule has 2 aromatic heterocycles. The predicted molar refractivity (Wildman–Crippen MR) is 118 cm³/mol. The molecule has 0 aliphatic carbocycles. The van der Waals surface area contributed by atoms with E-state index in [1.807, 2.05) is 0 Å². The molecule has 0 aliphatic rings. The fraction of sp³-hybridized carbons (Fsp3) is 0.619. The third-order valence-corrected chi connectivity index (χ3v) is 5.35. The summed E-state index contributed by atoms with van der Waals surface area (Å²) >= 11 is 1.74. The van der Waals surface area contributed by atoms with Crippen molar-refractivity contribution in [2.45, 2.75) is 59.5 Å². The molecule has 7 heteroatoms. The molecule has 2 heterocycles. The van der Waals surface area contributed by atoms with Crippen molar-refractivity contribution in [3.05, 3.63) is 40.2 Å². The van der Waals surface area contributed by atoms with Crippen LogP contribution in [0.3, 0.4) is 0 Å². The molecule has 0 amide bonds. The van der Waals surface area contributed by atoms with Gasteiger partial charge in [0.15, 0.2) is 5.96 Å². The van der Waals surface area contributed by atoms with E-state index in [1.54, 1.807) is 17.5 Å². The molecule has 0 fully saturated rings. The molecule has 2 N–H and O–H groups in total. The van der Waals surface area contributed by atoms with Crippen LogP contribution in [0.15, 0.2) is 32.4 Å². The van der Waals surface area contributed by atoms with E-state index in [4.69, 9.17) is 4.42 Å². The predicted octanol–water partition coefficient (Wildman–Crippen LogP) is 4.17. The second-order valence-electron chi connectivity index (χ2n) is 7.74. The minimum absolute atomic E-state index is 0.0464. The average Bonchev–Trinajstić information content (AvgIpc) is 3.34. The fourth-order valence-electron chi connectivity index (χ4n) is 3.00. The van der Waals surface area contributed by atoms with Crippen LogP contribution in [0.5, 0.6) is 0 Å². The van der Waals surface area contributed by atoms with Crippen LogP contribution in [0.4, 0.5) is 0 Å². The highest BCUT2D eigenvalue weighted by molar-refractivity contribution is 7.07. The lowest BCUT2D eigenvalue weighted by Gasteiger charge is -2.30. The Balaban J connectivity index is 2.06. The van der Waals surface area contributed by atoms with Gasteiger partial charge in [0.25, 0.3) is 0 Å². The SMILES string of the molecule is CCNC(=NCc1ncc(C(C)(C)C)o1)NCC(c1ccsc1)N(CC)CC. The van der Waals surface area contributed by atoms with Gasteiger partial charge in [0.1, 0.15) is 12.3 Å². The smallest absolute Gasteiger partial charge is 0.216 e. The van der Waals surface area contributed by atoms with Crippen molar-refractivity contribution in [2.24, 2.45) is 4.99 Å². The van der Waals surface area contributed by atoms with Crippen molar-refractivity contribution in [3.8, 4) is 0 Å². The first-order valence-corrected chi connectivity index (χ1v) is 11.1. The van der Waals surface area contributed by atoms with Gasteiger partial charge in [-0.05, 0) is 42.4 Å². The number of aromatic nitrogens is 1. The van der Waals surface area contributed by atoms with Crippen LogP contribution in [0.2, 0.25) is 0 Å².